The smallest absolute Gasteiger partial charge is 0.239 e. The van der Waals surface area contributed by atoms with Crippen LogP contribution in [0.25, 0.3) is 0 Å². The number of nitrogens with one attached hydrogen (secondary N) is 1. The van der Waals surface area contributed by atoms with Crippen LogP contribution < -0.4 is 10.2 Å². The van der Waals surface area contributed by atoms with Crippen molar-refractivity contribution in [3.63, 3.8) is 0 Å². The molecule has 152 valence electrons. The molecule has 1 saturated heterocycles. The van der Waals surface area contributed by atoms with Gasteiger partial charge in [-0.3, -0.25) is 4.79 Å². The highest BCUT2D eigenvalue weighted by Crippen LogP contribution is 2.32. The maximum absolute atomic E-state index is 14.6. The van der Waals surface area contributed by atoms with E-state index in [-0.39, 0.29) is 11.4 Å². The van der Waals surface area contributed by atoms with Gasteiger partial charge in [0, 0.05) is 18.3 Å². The molecular formula is C20H31FN2O3S. The van der Waals surface area contributed by atoms with E-state index in [1.165, 1.54) is 6.07 Å². The van der Waals surface area contributed by atoms with E-state index in [4.69, 9.17) is 0 Å². The summed E-state index contributed by atoms with van der Waals surface area (Å²) in [7, 11) is -3.44. The Hall–Kier alpha value is -1.63. The van der Waals surface area contributed by atoms with Crippen LogP contribution in [0.2, 0.25) is 0 Å². The number of hydrogen-bond acceptors (Lipinski definition) is 4. The topological polar surface area (TPSA) is 66.5 Å². The molecule has 1 fully saturated rings. The summed E-state index contributed by atoms with van der Waals surface area (Å²) in [6, 6.07) is 4.89. The van der Waals surface area contributed by atoms with Crippen LogP contribution in [0.1, 0.15) is 52.9 Å². The Kier molecular flexibility index (Phi) is 7.65. The average molecular weight is 399 g/mol. The second-order valence-electron chi connectivity index (χ2n) is 7.66. The molecule has 0 aromatic heterocycles. The van der Waals surface area contributed by atoms with Crippen LogP contribution in [-0.2, 0) is 14.6 Å². The van der Waals surface area contributed by atoms with Crippen LogP contribution in [0, 0.1) is 11.7 Å². The molecule has 1 amide bonds. The fourth-order valence-electron chi connectivity index (χ4n) is 3.64. The van der Waals surface area contributed by atoms with Crippen molar-refractivity contribution >= 4 is 27.1 Å². The third kappa shape index (κ3) is 6.19. The number of amides is 1. The molecule has 0 unspecified atom stereocenters. The van der Waals surface area contributed by atoms with Gasteiger partial charge in [0.05, 0.1) is 11.4 Å². The Morgan fingerprint density at radius 1 is 1.33 bits per heavy atom. The molecule has 0 saturated carbocycles. The van der Waals surface area contributed by atoms with Gasteiger partial charge < -0.3 is 10.2 Å². The predicted octanol–water partition coefficient (Wildman–Crippen LogP) is 3.99. The van der Waals surface area contributed by atoms with E-state index in [9.17, 15) is 17.6 Å². The molecule has 1 N–H and O–H groups in total. The van der Waals surface area contributed by atoms with Gasteiger partial charge in [0.2, 0.25) is 5.91 Å². The number of anilines is 2. The Labute approximate surface area is 162 Å². The number of carbonyl (C=O) groups excluding carboxylic acids is 1. The molecule has 7 heteroatoms. The maximum atomic E-state index is 14.6. The van der Waals surface area contributed by atoms with E-state index in [1.54, 1.807) is 12.1 Å². The fraction of sp³-hybridized carbons (Fsp3) is 0.650. The summed E-state index contributed by atoms with van der Waals surface area (Å²) in [6.07, 6.45) is 4.38. The zero-order valence-electron chi connectivity index (χ0n) is 16.5. The van der Waals surface area contributed by atoms with Gasteiger partial charge in [0.1, 0.15) is 11.6 Å². The highest BCUT2D eigenvalue weighted by atomic mass is 32.2. The number of unbranched alkanes of at least 4 members (excludes halogenated alkanes) is 2. The van der Waals surface area contributed by atoms with Crippen molar-refractivity contribution in [2.75, 3.05) is 28.3 Å². The van der Waals surface area contributed by atoms with E-state index in [1.807, 2.05) is 6.92 Å². The zero-order valence-corrected chi connectivity index (χ0v) is 17.3. The summed E-state index contributed by atoms with van der Waals surface area (Å²) in [5.41, 5.74) is 0.821. The number of hydrogen-bond donors (Lipinski definition) is 1. The van der Waals surface area contributed by atoms with Crippen LogP contribution in [0.15, 0.2) is 18.2 Å². The first-order valence-corrected chi connectivity index (χ1v) is 11.6. The van der Waals surface area contributed by atoms with Crippen molar-refractivity contribution in [2.45, 2.75) is 58.9 Å². The van der Waals surface area contributed by atoms with Crippen molar-refractivity contribution in [3.8, 4) is 0 Å². The van der Waals surface area contributed by atoms with Crippen LogP contribution in [0.5, 0.6) is 0 Å². The number of nitrogens with zero attached hydrogens (tertiary/aromatic N) is 1. The van der Waals surface area contributed by atoms with Gasteiger partial charge in [-0.2, -0.15) is 0 Å². The van der Waals surface area contributed by atoms with Crippen molar-refractivity contribution in [1.82, 2.24) is 0 Å². The van der Waals surface area contributed by atoms with Gasteiger partial charge in [-0.25, -0.2) is 12.8 Å². The second kappa shape index (κ2) is 9.53. The number of sulfone groups is 1. The van der Waals surface area contributed by atoms with Gasteiger partial charge in [-0.05, 0) is 43.4 Å². The van der Waals surface area contributed by atoms with Crippen molar-refractivity contribution < 1.29 is 17.6 Å². The first-order valence-electron chi connectivity index (χ1n) is 9.80. The molecule has 1 aliphatic rings. The van der Waals surface area contributed by atoms with Crippen molar-refractivity contribution in [2.24, 2.45) is 5.92 Å². The lowest BCUT2D eigenvalue weighted by molar-refractivity contribution is -0.113. The lowest BCUT2D eigenvalue weighted by atomic mass is 10.0. The Balaban J connectivity index is 2.00. The highest BCUT2D eigenvalue weighted by Gasteiger charge is 2.29. The summed E-state index contributed by atoms with van der Waals surface area (Å²) in [4.78, 5) is 14.1. The Bertz CT molecular complexity index is 750. The van der Waals surface area contributed by atoms with Crippen LogP contribution >= 0.6 is 0 Å². The van der Waals surface area contributed by atoms with Gasteiger partial charge in [-0.15, -0.1) is 0 Å². The van der Waals surface area contributed by atoms with Crippen LogP contribution in [-0.4, -0.2) is 38.4 Å². The molecule has 0 aliphatic carbocycles. The molecule has 2 rings (SSSR count). The Morgan fingerprint density at radius 2 is 2.07 bits per heavy atom. The monoisotopic (exact) mass is 398 g/mol. The molecule has 1 heterocycles. The van der Waals surface area contributed by atoms with E-state index in [2.05, 4.69) is 24.1 Å². The van der Waals surface area contributed by atoms with E-state index in [0.29, 0.717) is 24.1 Å². The van der Waals surface area contributed by atoms with Gasteiger partial charge in [-0.1, -0.05) is 33.6 Å². The number of carbonyl (C=O) groups is 1. The SMILES string of the molecule is CCCCCS(=O)(=O)CC(=O)Nc1ccc(N2CCC[C@@H]2C(C)C)c(F)c1. The standard InChI is InChI=1S/C20H31FN2O3S/c1-4-5-6-12-27(25,26)14-20(24)22-16-9-10-19(17(21)13-16)23-11-7-8-18(23)15(2)3/h9-10,13,15,18H,4-8,11-12,14H2,1-3H3,(H,22,24)/t18-/m1/s1. The quantitative estimate of drug-likeness (QED) is 0.639. The van der Waals surface area contributed by atoms with E-state index in [0.717, 1.165) is 32.2 Å². The van der Waals surface area contributed by atoms with Crippen LogP contribution in [0.4, 0.5) is 15.8 Å². The molecule has 1 atom stereocenters. The highest BCUT2D eigenvalue weighted by molar-refractivity contribution is 7.92. The molecule has 1 aromatic carbocycles. The average Bonchev–Trinajstić information content (AvgIpc) is 3.04. The summed E-state index contributed by atoms with van der Waals surface area (Å²) in [5.74, 6) is -1.15. The molecular weight excluding hydrogens is 367 g/mol. The second-order valence-corrected chi connectivity index (χ2v) is 9.84. The van der Waals surface area contributed by atoms with Crippen LogP contribution in [0.3, 0.4) is 0 Å². The molecule has 5 nitrogen and oxygen atoms in total. The maximum Gasteiger partial charge on any atom is 0.239 e. The molecule has 0 bridgehead atoms. The minimum absolute atomic E-state index is 0.00705. The molecule has 0 spiro atoms. The van der Waals surface area contributed by atoms with E-state index < -0.39 is 27.3 Å². The lowest BCUT2D eigenvalue weighted by Gasteiger charge is -2.30. The lowest BCUT2D eigenvalue weighted by Crippen LogP contribution is -2.34. The largest absolute Gasteiger partial charge is 0.366 e. The normalized spacial score (nSPS) is 17.5. The Morgan fingerprint density at radius 3 is 2.70 bits per heavy atom. The fourth-order valence-corrected chi connectivity index (χ4v) is 4.90. The minimum atomic E-state index is -3.44. The summed E-state index contributed by atoms with van der Waals surface area (Å²) in [5, 5.41) is 2.50. The zero-order chi connectivity index (χ0) is 20.0. The van der Waals surface area contributed by atoms with E-state index >= 15 is 0 Å². The van der Waals surface area contributed by atoms with Crippen molar-refractivity contribution in [1.29, 1.82) is 0 Å². The summed E-state index contributed by atoms with van der Waals surface area (Å²) in [6.45, 7) is 7.08. The molecule has 1 aliphatic heterocycles. The van der Waals surface area contributed by atoms with Gasteiger partial charge in [0.25, 0.3) is 0 Å². The molecule has 27 heavy (non-hydrogen) atoms. The number of benzene rings is 1. The first-order chi connectivity index (χ1) is 12.7. The van der Waals surface area contributed by atoms with Crippen molar-refractivity contribution in [3.05, 3.63) is 24.0 Å². The predicted molar refractivity (Wildman–Crippen MR) is 108 cm³/mol. The third-order valence-corrected chi connectivity index (χ3v) is 6.63. The first kappa shape index (κ1) is 21.7. The van der Waals surface area contributed by atoms with Gasteiger partial charge >= 0.3 is 0 Å². The summed E-state index contributed by atoms with van der Waals surface area (Å²) < 4.78 is 38.5. The third-order valence-electron chi connectivity index (χ3n) is 5.02. The summed E-state index contributed by atoms with van der Waals surface area (Å²) >= 11 is 0. The van der Waals surface area contributed by atoms with Gasteiger partial charge in [0.15, 0.2) is 9.84 Å². The number of halogens is 1. The number of rotatable bonds is 9. The molecule has 1 aromatic rings. The minimum Gasteiger partial charge on any atom is -0.366 e. The molecule has 0 radical (unpaired) electrons.